The van der Waals surface area contributed by atoms with Crippen LogP contribution in [0.5, 0.6) is 0 Å². The van der Waals surface area contributed by atoms with Crippen molar-refractivity contribution in [2.75, 3.05) is 13.2 Å². The Labute approximate surface area is 88.1 Å². The lowest BCUT2D eigenvalue weighted by atomic mass is 9.75. The first-order valence-electron chi connectivity index (χ1n) is 5.98. The van der Waals surface area contributed by atoms with E-state index in [4.69, 9.17) is 5.11 Å². The summed E-state index contributed by atoms with van der Waals surface area (Å²) in [6.07, 6.45) is 7.43. The topological polar surface area (TPSA) is 32.3 Å². The van der Waals surface area contributed by atoms with Gasteiger partial charge in [0.15, 0.2) is 0 Å². The Balaban J connectivity index is 2.12. The van der Waals surface area contributed by atoms with Gasteiger partial charge in [-0.05, 0) is 44.1 Å². The van der Waals surface area contributed by atoms with Crippen LogP contribution in [0.15, 0.2) is 0 Å². The molecule has 2 nitrogen and oxygen atoms in total. The fraction of sp³-hybridized carbons (Fsp3) is 1.00. The van der Waals surface area contributed by atoms with E-state index in [0.717, 1.165) is 25.4 Å². The number of hydrogen-bond acceptors (Lipinski definition) is 2. The van der Waals surface area contributed by atoms with Gasteiger partial charge in [-0.3, -0.25) is 0 Å². The van der Waals surface area contributed by atoms with Crippen molar-refractivity contribution in [2.24, 2.45) is 5.41 Å². The van der Waals surface area contributed by atoms with Crippen LogP contribution in [0, 0.1) is 5.41 Å². The van der Waals surface area contributed by atoms with Crippen LogP contribution in [0.3, 0.4) is 0 Å². The Bertz CT molecular complexity index is 156. The summed E-state index contributed by atoms with van der Waals surface area (Å²) in [6.45, 7) is 6.14. The molecule has 1 fully saturated rings. The molecule has 0 heterocycles. The number of nitrogens with one attached hydrogen (secondary N) is 1. The van der Waals surface area contributed by atoms with Gasteiger partial charge in [0.2, 0.25) is 0 Å². The third kappa shape index (κ3) is 4.43. The van der Waals surface area contributed by atoms with Gasteiger partial charge in [-0.1, -0.05) is 20.3 Å². The van der Waals surface area contributed by atoms with Crippen LogP contribution in [0.4, 0.5) is 0 Å². The SMILES string of the molecule is CC1(C)CCCC(NCCCCO)C1. The maximum absolute atomic E-state index is 8.66. The molecule has 0 aromatic heterocycles. The molecule has 1 aliphatic carbocycles. The number of hydrogen-bond donors (Lipinski definition) is 2. The quantitative estimate of drug-likeness (QED) is 0.666. The number of aliphatic hydroxyl groups is 1. The van der Waals surface area contributed by atoms with Gasteiger partial charge in [-0.15, -0.1) is 0 Å². The van der Waals surface area contributed by atoms with Gasteiger partial charge >= 0.3 is 0 Å². The molecule has 0 radical (unpaired) electrons. The van der Waals surface area contributed by atoms with Gasteiger partial charge in [-0.25, -0.2) is 0 Å². The minimum absolute atomic E-state index is 0.331. The van der Waals surface area contributed by atoms with Crippen molar-refractivity contribution in [2.45, 2.75) is 58.4 Å². The average Bonchev–Trinajstić information content (AvgIpc) is 2.11. The Morgan fingerprint density at radius 1 is 1.36 bits per heavy atom. The zero-order valence-electron chi connectivity index (χ0n) is 9.68. The summed E-state index contributed by atoms with van der Waals surface area (Å²) in [5, 5.41) is 12.3. The van der Waals surface area contributed by atoms with Crippen LogP contribution in [-0.2, 0) is 0 Å². The van der Waals surface area contributed by atoms with Gasteiger partial charge in [-0.2, -0.15) is 0 Å². The highest BCUT2D eigenvalue weighted by atomic mass is 16.2. The van der Waals surface area contributed by atoms with Gasteiger partial charge in [0.1, 0.15) is 0 Å². The molecular weight excluding hydrogens is 174 g/mol. The number of rotatable bonds is 5. The normalized spacial score (nSPS) is 26.4. The molecule has 84 valence electrons. The van der Waals surface area contributed by atoms with Crippen molar-refractivity contribution < 1.29 is 5.11 Å². The monoisotopic (exact) mass is 199 g/mol. The summed E-state index contributed by atoms with van der Waals surface area (Å²) in [4.78, 5) is 0. The summed E-state index contributed by atoms with van der Waals surface area (Å²) >= 11 is 0. The Kier molecular flexibility index (Phi) is 4.90. The van der Waals surface area contributed by atoms with Crippen LogP contribution in [0.1, 0.15) is 52.4 Å². The van der Waals surface area contributed by atoms with Crippen LogP contribution >= 0.6 is 0 Å². The number of unbranched alkanes of at least 4 members (excludes halogenated alkanes) is 1. The highest BCUT2D eigenvalue weighted by Gasteiger charge is 2.27. The predicted molar refractivity (Wildman–Crippen MR) is 60.4 cm³/mol. The lowest BCUT2D eigenvalue weighted by Gasteiger charge is -2.35. The molecule has 0 aromatic carbocycles. The van der Waals surface area contributed by atoms with Crippen LogP contribution in [-0.4, -0.2) is 24.3 Å². The lowest BCUT2D eigenvalue weighted by molar-refractivity contribution is 0.197. The molecule has 0 spiro atoms. The van der Waals surface area contributed by atoms with E-state index in [2.05, 4.69) is 19.2 Å². The van der Waals surface area contributed by atoms with Crippen molar-refractivity contribution in [3.05, 3.63) is 0 Å². The fourth-order valence-corrected chi connectivity index (χ4v) is 2.42. The first-order chi connectivity index (χ1) is 6.64. The Hall–Kier alpha value is -0.0800. The van der Waals surface area contributed by atoms with E-state index in [-0.39, 0.29) is 0 Å². The van der Waals surface area contributed by atoms with Crippen molar-refractivity contribution >= 4 is 0 Å². The smallest absolute Gasteiger partial charge is 0.0431 e. The second-order valence-corrected chi connectivity index (χ2v) is 5.34. The second-order valence-electron chi connectivity index (χ2n) is 5.34. The van der Waals surface area contributed by atoms with Crippen molar-refractivity contribution in [3.8, 4) is 0 Å². The first kappa shape index (κ1) is 12.0. The van der Waals surface area contributed by atoms with Crippen molar-refractivity contribution in [1.82, 2.24) is 5.32 Å². The summed E-state index contributed by atoms with van der Waals surface area (Å²) in [6, 6.07) is 0.720. The highest BCUT2D eigenvalue weighted by Crippen LogP contribution is 2.34. The molecule has 14 heavy (non-hydrogen) atoms. The molecule has 1 unspecified atom stereocenters. The minimum atomic E-state index is 0.331. The van der Waals surface area contributed by atoms with Gasteiger partial charge in [0.05, 0.1) is 0 Å². The molecular formula is C12H25NO. The molecule has 1 atom stereocenters. The fourth-order valence-electron chi connectivity index (χ4n) is 2.42. The molecule has 1 aliphatic rings. The molecule has 1 saturated carbocycles. The summed E-state index contributed by atoms with van der Waals surface area (Å²) < 4.78 is 0. The summed E-state index contributed by atoms with van der Waals surface area (Å²) in [5.41, 5.74) is 0.535. The highest BCUT2D eigenvalue weighted by molar-refractivity contribution is 4.83. The predicted octanol–water partition coefficient (Wildman–Crippen LogP) is 2.32. The first-order valence-corrected chi connectivity index (χ1v) is 5.98. The molecule has 0 bridgehead atoms. The summed E-state index contributed by atoms with van der Waals surface area (Å²) in [5.74, 6) is 0. The number of aliphatic hydroxyl groups excluding tert-OH is 1. The van der Waals surface area contributed by atoms with Crippen LogP contribution in [0.25, 0.3) is 0 Å². The average molecular weight is 199 g/mol. The van der Waals surface area contributed by atoms with E-state index in [1.807, 2.05) is 0 Å². The molecule has 2 N–H and O–H groups in total. The van der Waals surface area contributed by atoms with Gasteiger partial charge in [0, 0.05) is 12.6 Å². The van der Waals surface area contributed by atoms with Crippen LogP contribution in [0.2, 0.25) is 0 Å². The molecule has 1 rings (SSSR count). The van der Waals surface area contributed by atoms with Crippen LogP contribution < -0.4 is 5.32 Å². The van der Waals surface area contributed by atoms with E-state index in [9.17, 15) is 0 Å². The Morgan fingerprint density at radius 2 is 2.14 bits per heavy atom. The Morgan fingerprint density at radius 3 is 2.79 bits per heavy atom. The van der Waals surface area contributed by atoms with Gasteiger partial charge in [0.25, 0.3) is 0 Å². The maximum atomic E-state index is 8.66. The van der Waals surface area contributed by atoms with E-state index in [1.165, 1.54) is 25.7 Å². The maximum Gasteiger partial charge on any atom is 0.0431 e. The zero-order chi connectivity index (χ0) is 10.4. The van der Waals surface area contributed by atoms with Crippen molar-refractivity contribution in [1.29, 1.82) is 0 Å². The standard InChI is InChI=1S/C12H25NO/c1-12(2)7-5-6-11(10-12)13-8-3-4-9-14/h11,13-14H,3-10H2,1-2H3. The van der Waals surface area contributed by atoms with E-state index in [0.29, 0.717) is 12.0 Å². The summed E-state index contributed by atoms with van der Waals surface area (Å²) in [7, 11) is 0. The van der Waals surface area contributed by atoms with E-state index >= 15 is 0 Å². The molecule has 0 amide bonds. The zero-order valence-corrected chi connectivity index (χ0v) is 9.68. The van der Waals surface area contributed by atoms with E-state index in [1.54, 1.807) is 0 Å². The molecule has 2 heteroatoms. The molecule has 0 aliphatic heterocycles. The minimum Gasteiger partial charge on any atom is -0.396 e. The van der Waals surface area contributed by atoms with E-state index < -0.39 is 0 Å². The lowest BCUT2D eigenvalue weighted by Crippen LogP contribution is -2.37. The molecule has 0 aromatic rings. The van der Waals surface area contributed by atoms with Gasteiger partial charge < -0.3 is 10.4 Å². The second kappa shape index (κ2) is 5.72. The molecule has 0 saturated heterocycles. The third-order valence-electron chi connectivity index (χ3n) is 3.22. The largest absolute Gasteiger partial charge is 0.396 e. The van der Waals surface area contributed by atoms with Crippen molar-refractivity contribution in [3.63, 3.8) is 0 Å². The third-order valence-corrected chi connectivity index (χ3v) is 3.22.